The van der Waals surface area contributed by atoms with Crippen LogP contribution in [0.5, 0.6) is 0 Å². The molecular formula is C22H31FN4O2. The van der Waals surface area contributed by atoms with Crippen molar-refractivity contribution in [3.8, 4) is 0 Å². The summed E-state index contributed by atoms with van der Waals surface area (Å²) < 4.78 is 14.1. The zero-order valence-electron chi connectivity index (χ0n) is 17.3. The summed E-state index contributed by atoms with van der Waals surface area (Å²) in [6, 6.07) is 3.23. The molecule has 6 nitrogen and oxygen atoms in total. The van der Waals surface area contributed by atoms with Crippen LogP contribution in [-0.2, 0) is 16.0 Å². The van der Waals surface area contributed by atoms with Crippen molar-refractivity contribution < 1.29 is 14.0 Å². The molecule has 1 aromatic carbocycles. The van der Waals surface area contributed by atoms with E-state index in [1.807, 2.05) is 18.9 Å². The van der Waals surface area contributed by atoms with Crippen molar-refractivity contribution in [2.75, 3.05) is 32.0 Å². The molecule has 1 saturated carbocycles. The topological polar surface area (TPSA) is 64.7 Å². The van der Waals surface area contributed by atoms with E-state index in [4.69, 9.17) is 0 Å². The number of hydrogen-bond acceptors (Lipinski definition) is 4. The zero-order valence-corrected chi connectivity index (χ0v) is 17.3. The molecule has 2 heterocycles. The Morgan fingerprint density at radius 3 is 2.86 bits per heavy atom. The van der Waals surface area contributed by atoms with Crippen LogP contribution in [0.2, 0.25) is 0 Å². The molecule has 3 atom stereocenters. The number of nitrogens with one attached hydrogen (secondary N) is 2. The van der Waals surface area contributed by atoms with Gasteiger partial charge in [-0.25, -0.2) is 4.39 Å². The highest BCUT2D eigenvalue weighted by Crippen LogP contribution is 2.32. The van der Waals surface area contributed by atoms with Crippen LogP contribution in [0.1, 0.15) is 43.2 Å². The third kappa shape index (κ3) is 4.25. The summed E-state index contributed by atoms with van der Waals surface area (Å²) in [6.45, 7) is 4.14. The van der Waals surface area contributed by atoms with E-state index in [2.05, 4.69) is 15.5 Å². The van der Waals surface area contributed by atoms with Crippen molar-refractivity contribution in [1.82, 2.24) is 15.1 Å². The van der Waals surface area contributed by atoms with Crippen LogP contribution in [0.15, 0.2) is 12.1 Å². The zero-order chi connectivity index (χ0) is 20.5. The predicted molar refractivity (Wildman–Crippen MR) is 110 cm³/mol. The third-order valence-corrected chi connectivity index (χ3v) is 6.72. The van der Waals surface area contributed by atoms with Crippen LogP contribution in [-0.4, -0.2) is 66.4 Å². The van der Waals surface area contributed by atoms with Gasteiger partial charge in [-0.05, 0) is 50.7 Å². The number of aryl methyl sites for hydroxylation is 1. The van der Waals surface area contributed by atoms with Gasteiger partial charge in [0.25, 0.3) is 0 Å². The van der Waals surface area contributed by atoms with Crippen LogP contribution in [0.4, 0.5) is 10.1 Å². The largest absolute Gasteiger partial charge is 0.373 e. The quantitative estimate of drug-likeness (QED) is 0.812. The number of hydrogen-bond donors (Lipinski definition) is 2. The molecule has 0 aromatic heterocycles. The first kappa shape index (κ1) is 20.1. The Kier molecular flexibility index (Phi) is 5.76. The molecule has 0 bridgehead atoms. The Morgan fingerprint density at radius 2 is 2.07 bits per heavy atom. The summed E-state index contributed by atoms with van der Waals surface area (Å²) in [5.41, 5.74) is 2.34. The molecule has 1 aliphatic carbocycles. The fraction of sp³-hybridized carbons (Fsp3) is 0.636. The van der Waals surface area contributed by atoms with Crippen LogP contribution in [0, 0.1) is 12.7 Å². The van der Waals surface area contributed by atoms with Gasteiger partial charge in [-0.2, -0.15) is 0 Å². The molecule has 4 rings (SSSR count). The van der Waals surface area contributed by atoms with Gasteiger partial charge in [0.15, 0.2) is 0 Å². The van der Waals surface area contributed by atoms with Gasteiger partial charge in [0.05, 0.1) is 6.54 Å². The summed E-state index contributed by atoms with van der Waals surface area (Å²) >= 11 is 0. The maximum absolute atomic E-state index is 14.1. The molecule has 2 N–H and O–H groups in total. The van der Waals surface area contributed by atoms with Gasteiger partial charge in [0.2, 0.25) is 11.8 Å². The van der Waals surface area contributed by atoms with E-state index in [1.165, 1.54) is 6.07 Å². The average Bonchev–Trinajstić information content (AvgIpc) is 3.10. The number of rotatable bonds is 3. The van der Waals surface area contributed by atoms with Crippen molar-refractivity contribution in [2.24, 2.45) is 0 Å². The Hall–Kier alpha value is -2.15. The van der Waals surface area contributed by atoms with E-state index < -0.39 is 6.04 Å². The maximum Gasteiger partial charge on any atom is 0.243 e. The molecule has 1 aromatic rings. The van der Waals surface area contributed by atoms with Gasteiger partial charge in [-0.3, -0.25) is 14.5 Å². The molecule has 1 unspecified atom stereocenters. The Morgan fingerprint density at radius 1 is 1.24 bits per heavy atom. The molecule has 3 aliphatic rings. The lowest BCUT2D eigenvalue weighted by Crippen LogP contribution is -2.50. The molecule has 0 radical (unpaired) electrons. The van der Waals surface area contributed by atoms with Gasteiger partial charge >= 0.3 is 0 Å². The highest BCUT2D eigenvalue weighted by molar-refractivity contribution is 5.88. The first-order valence-electron chi connectivity index (χ1n) is 10.7. The number of likely N-dealkylation sites (N-methyl/N-ethyl adjacent to an activating group) is 1. The third-order valence-electron chi connectivity index (χ3n) is 6.72. The van der Waals surface area contributed by atoms with E-state index in [0.717, 1.165) is 56.4 Å². The van der Waals surface area contributed by atoms with Crippen LogP contribution >= 0.6 is 0 Å². The predicted octanol–water partition coefficient (Wildman–Crippen LogP) is 2.06. The highest BCUT2D eigenvalue weighted by Gasteiger charge is 2.34. The molecule has 0 spiro atoms. The van der Waals surface area contributed by atoms with E-state index in [1.54, 1.807) is 6.07 Å². The highest BCUT2D eigenvalue weighted by atomic mass is 19.1. The second kappa shape index (κ2) is 8.30. The second-order valence-electron chi connectivity index (χ2n) is 8.78. The first-order chi connectivity index (χ1) is 13.9. The molecule has 7 heteroatoms. The van der Waals surface area contributed by atoms with Gasteiger partial charge in [-0.15, -0.1) is 0 Å². The monoisotopic (exact) mass is 402 g/mol. The number of fused-ring (bicyclic) bond motifs is 1. The van der Waals surface area contributed by atoms with Gasteiger partial charge in [-0.1, -0.05) is 6.07 Å². The summed E-state index contributed by atoms with van der Waals surface area (Å²) in [5, 5.41) is 6.41. The second-order valence-corrected chi connectivity index (χ2v) is 8.78. The van der Waals surface area contributed by atoms with Crippen molar-refractivity contribution >= 4 is 17.5 Å². The van der Waals surface area contributed by atoms with Crippen LogP contribution < -0.4 is 10.6 Å². The summed E-state index contributed by atoms with van der Waals surface area (Å²) in [6.07, 6.45) is 5.32. The van der Waals surface area contributed by atoms with Crippen LogP contribution in [0.3, 0.4) is 0 Å². The number of amides is 2. The standard InChI is InChI=1S/C22H31FN4O2/c1-14-7-8-18(23)17-12-19(25-21(14)17)22(29)24-15-5-3-6-16(11-15)27-10-4-9-26(2)20(28)13-27/h7-8,15-16,19,25H,3-6,9-13H2,1-2H3,(H,24,29)/t15-,16+,19?/m1/s1. The molecular weight excluding hydrogens is 371 g/mol. The number of nitrogens with zero attached hydrogens (tertiary/aromatic N) is 2. The first-order valence-corrected chi connectivity index (χ1v) is 10.7. The fourth-order valence-corrected chi connectivity index (χ4v) is 4.98. The summed E-state index contributed by atoms with van der Waals surface area (Å²) in [5.74, 6) is -0.127. The Labute approximate surface area is 171 Å². The Balaban J connectivity index is 1.35. The van der Waals surface area contributed by atoms with Gasteiger partial charge in [0.1, 0.15) is 11.9 Å². The smallest absolute Gasteiger partial charge is 0.243 e. The number of anilines is 1. The van der Waals surface area contributed by atoms with Gasteiger partial charge in [0, 0.05) is 49.9 Å². The summed E-state index contributed by atoms with van der Waals surface area (Å²) in [4.78, 5) is 29.2. The minimum Gasteiger partial charge on any atom is -0.373 e. The molecule has 2 fully saturated rings. The average molecular weight is 403 g/mol. The van der Waals surface area contributed by atoms with E-state index in [9.17, 15) is 14.0 Å². The van der Waals surface area contributed by atoms with Crippen molar-refractivity contribution in [3.05, 3.63) is 29.1 Å². The SMILES string of the molecule is Cc1ccc(F)c2c1NC(C(=O)N[C@@H]1CCC[C@H](N3CCCN(C)C(=O)C3)C1)C2. The van der Waals surface area contributed by atoms with Crippen molar-refractivity contribution in [3.63, 3.8) is 0 Å². The number of carbonyl (C=O) groups is 2. The van der Waals surface area contributed by atoms with Crippen LogP contribution in [0.25, 0.3) is 0 Å². The minimum atomic E-state index is -0.422. The summed E-state index contributed by atoms with van der Waals surface area (Å²) in [7, 11) is 1.87. The minimum absolute atomic E-state index is 0.0580. The normalized spacial score (nSPS) is 27.9. The van der Waals surface area contributed by atoms with E-state index >= 15 is 0 Å². The molecule has 29 heavy (non-hydrogen) atoms. The molecule has 2 aliphatic heterocycles. The molecule has 1 saturated heterocycles. The lowest BCUT2D eigenvalue weighted by molar-refractivity contribution is -0.130. The number of halogens is 1. The van der Waals surface area contributed by atoms with Crippen molar-refractivity contribution in [1.29, 1.82) is 0 Å². The lowest BCUT2D eigenvalue weighted by atomic mass is 9.89. The lowest BCUT2D eigenvalue weighted by Gasteiger charge is -2.37. The number of carbonyl (C=O) groups excluding carboxylic acids is 2. The number of benzene rings is 1. The van der Waals surface area contributed by atoms with Crippen molar-refractivity contribution in [2.45, 2.75) is 63.6 Å². The Bertz CT molecular complexity index is 768. The van der Waals surface area contributed by atoms with E-state index in [-0.39, 0.29) is 23.7 Å². The van der Waals surface area contributed by atoms with E-state index in [0.29, 0.717) is 24.6 Å². The fourth-order valence-electron chi connectivity index (χ4n) is 4.98. The molecule has 158 valence electrons. The maximum atomic E-state index is 14.1. The molecule has 2 amide bonds. The van der Waals surface area contributed by atoms with Gasteiger partial charge < -0.3 is 15.5 Å².